The minimum atomic E-state index is -5.54. The van der Waals surface area contributed by atoms with Crippen molar-refractivity contribution in [3.63, 3.8) is 0 Å². The second-order valence-corrected chi connectivity index (χ2v) is 19.2. The first-order chi connectivity index (χ1) is 29.9. The maximum atomic E-state index is 15.2. The van der Waals surface area contributed by atoms with Crippen LogP contribution in [0.25, 0.3) is 10.8 Å². The molecule has 59 heavy (non-hydrogen) atoms. The number of amides is 2. The number of carbonyl (C=O) groups excluding carboxylic acids is 4. The Hall–Kier alpha value is -4.28. The number of rotatable bonds is 10. The van der Waals surface area contributed by atoms with Crippen molar-refractivity contribution in [2.75, 3.05) is 13.6 Å². The number of aromatic nitrogens is 1. The molecule has 2 amide bonds. The number of ether oxygens (including phenoxy) is 3. The van der Waals surface area contributed by atoms with E-state index in [2.05, 4.69) is 9.71 Å². The molecule has 1 aromatic heterocycles. The van der Waals surface area contributed by atoms with Gasteiger partial charge in [0.1, 0.15) is 6.10 Å². The monoisotopic (exact) mass is 857 g/mol. The van der Waals surface area contributed by atoms with Crippen LogP contribution >= 0.6 is 0 Å². The summed E-state index contributed by atoms with van der Waals surface area (Å²) in [6.45, 7) is 1.08. The summed E-state index contributed by atoms with van der Waals surface area (Å²) in [5.41, 5.74) is -5.46. The molecule has 1 saturated heterocycles. The molecule has 8 atom stereocenters. The summed E-state index contributed by atoms with van der Waals surface area (Å²) in [5, 5.41) is 0.300. The van der Waals surface area contributed by atoms with Crippen molar-refractivity contribution in [3.05, 3.63) is 42.4 Å². The van der Waals surface area contributed by atoms with E-state index in [0.717, 1.165) is 17.0 Å². The molecule has 6 rings (SSSR count). The van der Waals surface area contributed by atoms with Gasteiger partial charge < -0.3 is 19.1 Å². The number of esters is 1. The predicted molar refractivity (Wildman–Crippen MR) is 208 cm³/mol. The van der Waals surface area contributed by atoms with Crippen LogP contribution in [0.1, 0.15) is 107 Å². The second kappa shape index (κ2) is 16.3. The fourth-order valence-corrected chi connectivity index (χ4v) is 9.66. The van der Waals surface area contributed by atoms with E-state index in [1.54, 1.807) is 13.0 Å². The summed E-state index contributed by atoms with van der Waals surface area (Å²) in [6.07, 6.45) is -1.27. The molecule has 0 radical (unpaired) electrons. The molecule has 3 fully saturated rings. The standard InChI is InChI=1S/C42H53F4N3O9S/c1-7-25-16-24(2)10-8-9-11-27-21-41(27,38(53)48-59(54,55)40(5)13-14-40)22-33(50)32-18-28(57-36-29-19-31(43)34(56-6)17-26(29)12-15-47-36)23-49(32)37(52)30(25)20-35(51)58-39(3,4)42(44,45)46/h9,11-12,15,17,19,24-25,27-28,30,32H,7-8,10,13-14,16,18,20-23H2,1-6H3,(H,48,53)/b11-9-/t24-,25-,27-,28-,30+,32+,41-/m1/s1/i3D3,6D3/t24-,25-,27-,28-,30+,32+,39?,41-. The highest BCUT2D eigenvalue weighted by atomic mass is 32.2. The van der Waals surface area contributed by atoms with Crippen molar-refractivity contribution >= 4 is 44.4 Å². The zero-order valence-corrected chi connectivity index (χ0v) is 34.0. The Morgan fingerprint density at radius 3 is 2.58 bits per heavy atom. The number of nitrogens with one attached hydrogen (secondary N) is 1. The van der Waals surface area contributed by atoms with Gasteiger partial charge in [-0.15, -0.1) is 0 Å². The van der Waals surface area contributed by atoms with Crippen LogP contribution in [0.3, 0.4) is 0 Å². The molecule has 2 aliphatic carbocycles. The Balaban J connectivity index is 1.39. The number of sulfonamides is 1. The van der Waals surface area contributed by atoms with Gasteiger partial charge in [0.15, 0.2) is 17.3 Å². The number of Topliss-reactive ketones (excluding diaryl/α,β-unsaturated/α-hetero) is 1. The number of allylic oxidation sites excluding steroid dienone is 2. The van der Waals surface area contributed by atoms with Crippen LogP contribution in [-0.4, -0.2) is 84.1 Å². The van der Waals surface area contributed by atoms with Gasteiger partial charge >= 0.3 is 12.1 Å². The van der Waals surface area contributed by atoms with Crippen molar-refractivity contribution in [2.24, 2.45) is 29.1 Å². The molecule has 324 valence electrons. The lowest BCUT2D eigenvalue weighted by Gasteiger charge is -2.34. The Morgan fingerprint density at radius 1 is 1.17 bits per heavy atom. The summed E-state index contributed by atoms with van der Waals surface area (Å²) in [5.74, 6) is -8.72. The summed E-state index contributed by atoms with van der Waals surface area (Å²) < 4.78 is 146. The number of benzene rings is 1. The zero-order chi connectivity index (χ0) is 48.3. The fraction of sp³-hybridized carbons (Fsp3) is 0.643. The van der Waals surface area contributed by atoms with Gasteiger partial charge in [-0.1, -0.05) is 32.4 Å². The van der Waals surface area contributed by atoms with Crippen molar-refractivity contribution in [1.29, 1.82) is 0 Å². The molecular weight excluding hydrogens is 799 g/mol. The highest BCUT2D eigenvalue weighted by Crippen LogP contribution is 2.58. The molecular formula is C42H53F4N3O9S. The van der Waals surface area contributed by atoms with E-state index in [-0.39, 0.29) is 55.2 Å². The molecule has 0 bridgehead atoms. The summed E-state index contributed by atoms with van der Waals surface area (Å²) in [4.78, 5) is 62.8. The molecule has 0 spiro atoms. The molecule has 17 heteroatoms. The van der Waals surface area contributed by atoms with Crippen molar-refractivity contribution in [2.45, 2.75) is 127 Å². The minimum absolute atomic E-state index is 0.0569. The molecule has 4 aliphatic rings. The average Bonchev–Trinajstić information content (AvgIpc) is 4.06. The Bertz CT molecular complexity index is 2330. The third-order valence-electron chi connectivity index (χ3n) is 12.5. The van der Waals surface area contributed by atoms with Gasteiger partial charge in [0.25, 0.3) is 0 Å². The number of hydrogen-bond acceptors (Lipinski definition) is 10. The second-order valence-electron chi connectivity index (χ2n) is 17.0. The smallest absolute Gasteiger partial charge is 0.427 e. The number of ketones is 1. The number of pyridine rings is 1. The normalized spacial score (nSPS) is 32.1. The number of halogens is 4. The van der Waals surface area contributed by atoms with Gasteiger partial charge in [-0.2, -0.15) is 13.2 Å². The molecule has 1 unspecified atom stereocenters. The Labute approximate surface area is 350 Å². The van der Waals surface area contributed by atoms with Crippen LogP contribution in [0.5, 0.6) is 11.6 Å². The van der Waals surface area contributed by atoms with E-state index < -0.39 is 130 Å². The SMILES string of the molecule is [2H]C([2H])([2H])Oc1cc2ccnc(O[C@@H]3C[C@H]4C(=O)C[C@]5(C(=O)NS(=O)(=O)C6(C)CC6)C[C@H]5/C=C\CC[C@@H](C)C[C@@H](CC)[C@H](CC(=O)OC(C)(C([2H])([2H])[2H])C(F)(F)F)C(=O)N4C3)c2cc1F. The van der Waals surface area contributed by atoms with E-state index >= 15 is 9.18 Å². The summed E-state index contributed by atoms with van der Waals surface area (Å²) in [7, 11) is -7.11. The zero-order valence-electron chi connectivity index (χ0n) is 39.2. The topological polar surface area (TPSA) is 158 Å². The average molecular weight is 858 g/mol. The van der Waals surface area contributed by atoms with E-state index in [9.17, 15) is 36.0 Å². The fourth-order valence-electron chi connectivity index (χ4n) is 8.33. The predicted octanol–water partition coefficient (Wildman–Crippen LogP) is 6.99. The largest absolute Gasteiger partial charge is 0.494 e. The molecule has 2 saturated carbocycles. The maximum Gasteiger partial charge on any atom is 0.427 e. The summed E-state index contributed by atoms with van der Waals surface area (Å²) in [6, 6.07) is 2.08. The van der Waals surface area contributed by atoms with Crippen molar-refractivity contribution in [1.82, 2.24) is 14.6 Å². The quantitative estimate of drug-likeness (QED) is 0.150. The van der Waals surface area contributed by atoms with Crippen LogP contribution in [0.15, 0.2) is 36.5 Å². The highest BCUT2D eigenvalue weighted by Gasteiger charge is 2.63. The van der Waals surface area contributed by atoms with Gasteiger partial charge in [-0.05, 0) is 101 Å². The van der Waals surface area contributed by atoms with Gasteiger partial charge in [0.2, 0.25) is 33.3 Å². The number of carbonyl (C=O) groups is 4. The van der Waals surface area contributed by atoms with Gasteiger partial charge in [0.05, 0.1) is 46.2 Å². The number of alkyl halides is 3. The number of hydrogen-bond donors (Lipinski definition) is 1. The van der Waals surface area contributed by atoms with Gasteiger partial charge in [-0.25, -0.2) is 17.8 Å². The van der Waals surface area contributed by atoms with E-state index in [1.165, 1.54) is 19.2 Å². The molecule has 1 N–H and O–H groups in total. The first-order valence-corrected chi connectivity index (χ1v) is 21.2. The number of methoxy groups -OCH3 is 1. The molecule has 12 nitrogen and oxygen atoms in total. The van der Waals surface area contributed by atoms with E-state index in [4.69, 9.17) is 22.4 Å². The summed E-state index contributed by atoms with van der Waals surface area (Å²) >= 11 is 0. The van der Waals surface area contributed by atoms with Crippen LogP contribution in [0, 0.1) is 34.9 Å². The number of nitrogens with zero attached hydrogens (tertiary/aromatic N) is 2. The highest BCUT2D eigenvalue weighted by molar-refractivity contribution is 7.91. The van der Waals surface area contributed by atoms with Gasteiger partial charge in [0, 0.05) is 28.5 Å². The van der Waals surface area contributed by atoms with Crippen LogP contribution in [0.2, 0.25) is 0 Å². The van der Waals surface area contributed by atoms with Crippen LogP contribution in [-0.2, 0) is 33.9 Å². The molecule has 3 heterocycles. The lowest BCUT2D eigenvalue weighted by atomic mass is 9.79. The minimum Gasteiger partial charge on any atom is -0.494 e. The third-order valence-corrected chi connectivity index (χ3v) is 14.7. The Kier molecular flexibility index (Phi) is 10.1. The van der Waals surface area contributed by atoms with Crippen LogP contribution < -0.4 is 14.2 Å². The lowest BCUT2D eigenvalue weighted by Crippen LogP contribution is -2.49. The van der Waals surface area contributed by atoms with E-state index in [0.29, 0.717) is 25.7 Å². The van der Waals surface area contributed by atoms with Crippen molar-refractivity contribution < 1.29 is 67.6 Å². The molecule has 1 aromatic carbocycles. The van der Waals surface area contributed by atoms with Crippen LogP contribution in [0.4, 0.5) is 17.6 Å². The van der Waals surface area contributed by atoms with E-state index in [1.807, 2.05) is 13.0 Å². The third kappa shape index (κ3) is 9.09. The lowest BCUT2D eigenvalue weighted by molar-refractivity contribution is -0.257. The first-order valence-electron chi connectivity index (χ1n) is 22.7. The molecule has 2 aromatic rings. The van der Waals surface area contributed by atoms with Gasteiger partial charge in [-0.3, -0.25) is 23.9 Å². The Morgan fingerprint density at radius 2 is 1.92 bits per heavy atom. The van der Waals surface area contributed by atoms with Crippen molar-refractivity contribution in [3.8, 4) is 11.6 Å². The first kappa shape index (κ1) is 36.6. The number of fused-ring (bicyclic) bond motifs is 3. The molecule has 2 aliphatic heterocycles. The maximum absolute atomic E-state index is 15.2.